The number of nitrogens with one attached hydrogen (secondary N) is 2. The van der Waals surface area contributed by atoms with Crippen LogP contribution in [0.25, 0.3) is 0 Å². The quantitative estimate of drug-likeness (QED) is 0.789. The SMILES string of the molecule is CCNc1nnc(CN2C(=O)NC(C)(C)C2=O)s1. The zero-order chi connectivity index (χ0) is 13.3. The molecule has 3 amide bonds. The number of anilines is 1. The van der Waals surface area contributed by atoms with Crippen LogP contribution in [-0.4, -0.2) is 39.1 Å². The van der Waals surface area contributed by atoms with Gasteiger partial charge in [-0.3, -0.25) is 9.69 Å². The number of aromatic nitrogens is 2. The number of hydrogen-bond donors (Lipinski definition) is 2. The van der Waals surface area contributed by atoms with E-state index in [9.17, 15) is 9.59 Å². The number of hydrogen-bond acceptors (Lipinski definition) is 6. The number of amides is 3. The average molecular weight is 269 g/mol. The van der Waals surface area contributed by atoms with E-state index in [1.165, 1.54) is 11.3 Å². The molecule has 7 nitrogen and oxygen atoms in total. The van der Waals surface area contributed by atoms with Crippen molar-refractivity contribution in [1.82, 2.24) is 20.4 Å². The van der Waals surface area contributed by atoms with Crippen molar-refractivity contribution in [3.8, 4) is 0 Å². The minimum absolute atomic E-state index is 0.164. The molecule has 2 heterocycles. The van der Waals surface area contributed by atoms with E-state index < -0.39 is 5.54 Å². The van der Waals surface area contributed by atoms with E-state index in [4.69, 9.17) is 0 Å². The first-order valence-electron chi connectivity index (χ1n) is 5.64. The van der Waals surface area contributed by atoms with Gasteiger partial charge < -0.3 is 10.6 Å². The van der Waals surface area contributed by atoms with E-state index in [0.717, 1.165) is 11.4 Å². The molecule has 0 radical (unpaired) electrons. The van der Waals surface area contributed by atoms with Gasteiger partial charge in [0.05, 0.1) is 6.54 Å². The van der Waals surface area contributed by atoms with Crippen molar-refractivity contribution < 1.29 is 9.59 Å². The van der Waals surface area contributed by atoms with Gasteiger partial charge in [-0.15, -0.1) is 10.2 Å². The standard InChI is InChI=1S/C10H15N5O2S/c1-4-11-8-14-13-6(18-8)5-15-7(16)10(2,3)12-9(15)17/h4-5H2,1-3H3,(H,11,14)(H,12,17). The summed E-state index contributed by atoms with van der Waals surface area (Å²) >= 11 is 1.34. The van der Waals surface area contributed by atoms with E-state index in [0.29, 0.717) is 10.1 Å². The molecule has 1 aliphatic heterocycles. The van der Waals surface area contributed by atoms with Gasteiger partial charge in [-0.05, 0) is 20.8 Å². The van der Waals surface area contributed by atoms with Crippen LogP contribution in [0.1, 0.15) is 25.8 Å². The first-order chi connectivity index (χ1) is 8.44. The number of carbonyl (C=O) groups is 2. The molecule has 98 valence electrons. The maximum absolute atomic E-state index is 12.0. The van der Waals surface area contributed by atoms with Crippen LogP contribution in [0.5, 0.6) is 0 Å². The Hall–Kier alpha value is -1.70. The van der Waals surface area contributed by atoms with Gasteiger partial charge in [-0.1, -0.05) is 11.3 Å². The Morgan fingerprint density at radius 1 is 1.39 bits per heavy atom. The molecule has 1 fully saturated rings. The molecule has 0 spiro atoms. The van der Waals surface area contributed by atoms with Gasteiger partial charge in [-0.2, -0.15) is 0 Å². The second kappa shape index (κ2) is 4.52. The highest BCUT2D eigenvalue weighted by Crippen LogP contribution is 2.22. The van der Waals surface area contributed by atoms with Gasteiger partial charge in [0.15, 0.2) is 0 Å². The van der Waals surface area contributed by atoms with Gasteiger partial charge in [0.2, 0.25) is 5.13 Å². The Morgan fingerprint density at radius 3 is 2.67 bits per heavy atom. The van der Waals surface area contributed by atoms with Crippen LogP contribution in [0.3, 0.4) is 0 Å². The third-order valence-corrected chi connectivity index (χ3v) is 3.40. The number of urea groups is 1. The first kappa shape index (κ1) is 12.7. The van der Waals surface area contributed by atoms with Gasteiger partial charge >= 0.3 is 6.03 Å². The van der Waals surface area contributed by atoms with Gasteiger partial charge in [0.25, 0.3) is 5.91 Å². The van der Waals surface area contributed by atoms with E-state index in [1.807, 2.05) is 6.92 Å². The number of carbonyl (C=O) groups excluding carboxylic acids is 2. The van der Waals surface area contributed by atoms with Crippen molar-refractivity contribution in [3.63, 3.8) is 0 Å². The van der Waals surface area contributed by atoms with Gasteiger partial charge in [-0.25, -0.2) is 4.79 Å². The van der Waals surface area contributed by atoms with Gasteiger partial charge in [0.1, 0.15) is 10.5 Å². The summed E-state index contributed by atoms with van der Waals surface area (Å²) in [6, 6.07) is -0.384. The van der Waals surface area contributed by atoms with Crippen LogP contribution in [-0.2, 0) is 11.3 Å². The van der Waals surface area contributed by atoms with E-state index in [1.54, 1.807) is 13.8 Å². The highest BCUT2D eigenvalue weighted by molar-refractivity contribution is 7.15. The lowest BCUT2D eigenvalue weighted by Crippen LogP contribution is -2.40. The van der Waals surface area contributed by atoms with E-state index in [-0.39, 0.29) is 18.5 Å². The molecule has 0 aromatic carbocycles. The zero-order valence-corrected chi connectivity index (χ0v) is 11.3. The Kier molecular flexibility index (Phi) is 3.20. The second-order valence-corrected chi connectivity index (χ2v) is 5.54. The Labute approximate surface area is 109 Å². The van der Waals surface area contributed by atoms with Crippen molar-refractivity contribution in [2.75, 3.05) is 11.9 Å². The molecule has 1 aromatic rings. The van der Waals surface area contributed by atoms with Crippen molar-refractivity contribution in [2.24, 2.45) is 0 Å². The highest BCUT2D eigenvalue weighted by Gasteiger charge is 2.44. The molecular weight excluding hydrogens is 254 g/mol. The van der Waals surface area contributed by atoms with Crippen molar-refractivity contribution in [1.29, 1.82) is 0 Å². The molecule has 0 unspecified atom stereocenters. The summed E-state index contributed by atoms with van der Waals surface area (Å²) in [5.74, 6) is -0.243. The maximum atomic E-state index is 12.0. The summed E-state index contributed by atoms with van der Waals surface area (Å²) in [5, 5.41) is 14.9. The fourth-order valence-electron chi connectivity index (χ4n) is 1.64. The maximum Gasteiger partial charge on any atom is 0.325 e. The molecular formula is C10H15N5O2S. The zero-order valence-electron chi connectivity index (χ0n) is 10.5. The van der Waals surface area contributed by atoms with Crippen LogP contribution in [0.15, 0.2) is 0 Å². The fraction of sp³-hybridized carbons (Fsp3) is 0.600. The smallest absolute Gasteiger partial charge is 0.325 e. The summed E-state index contributed by atoms with van der Waals surface area (Å²) in [7, 11) is 0. The third-order valence-electron chi connectivity index (χ3n) is 2.53. The largest absolute Gasteiger partial charge is 0.360 e. The molecule has 8 heteroatoms. The van der Waals surface area contributed by atoms with Crippen molar-refractivity contribution >= 4 is 28.4 Å². The molecule has 18 heavy (non-hydrogen) atoms. The molecule has 0 bridgehead atoms. The number of imide groups is 1. The van der Waals surface area contributed by atoms with Crippen molar-refractivity contribution in [2.45, 2.75) is 32.9 Å². The van der Waals surface area contributed by atoms with E-state index in [2.05, 4.69) is 20.8 Å². The topological polar surface area (TPSA) is 87.2 Å². The Morgan fingerprint density at radius 2 is 2.11 bits per heavy atom. The van der Waals surface area contributed by atoms with Crippen molar-refractivity contribution in [3.05, 3.63) is 5.01 Å². The van der Waals surface area contributed by atoms with Gasteiger partial charge in [0, 0.05) is 6.54 Å². The van der Waals surface area contributed by atoms with E-state index >= 15 is 0 Å². The lowest BCUT2D eigenvalue weighted by molar-refractivity contribution is -0.130. The molecule has 0 atom stereocenters. The average Bonchev–Trinajstić information content (AvgIpc) is 2.78. The lowest BCUT2D eigenvalue weighted by Gasteiger charge is -2.14. The Balaban J connectivity index is 2.09. The summed E-state index contributed by atoms with van der Waals surface area (Å²) in [5.41, 5.74) is -0.841. The molecule has 2 rings (SSSR count). The summed E-state index contributed by atoms with van der Waals surface area (Å²) in [4.78, 5) is 24.8. The molecule has 0 saturated carbocycles. The van der Waals surface area contributed by atoms with Crippen LogP contribution in [0, 0.1) is 0 Å². The van der Waals surface area contributed by atoms with Crippen LogP contribution in [0.4, 0.5) is 9.93 Å². The Bertz CT molecular complexity index is 484. The van der Waals surface area contributed by atoms with Crippen LogP contribution in [0.2, 0.25) is 0 Å². The molecule has 1 aromatic heterocycles. The molecule has 1 saturated heterocycles. The normalized spacial score (nSPS) is 18.1. The molecule has 0 aliphatic carbocycles. The number of nitrogens with zero attached hydrogens (tertiary/aromatic N) is 3. The fourth-order valence-corrected chi connectivity index (χ4v) is 2.43. The van der Waals surface area contributed by atoms with Crippen LogP contribution < -0.4 is 10.6 Å². The monoisotopic (exact) mass is 269 g/mol. The summed E-state index contributed by atoms with van der Waals surface area (Å²) in [6.07, 6.45) is 0. The minimum Gasteiger partial charge on any atom is -0.360 e. The summed E-state index contributed by atoms with van der Waals surface area (Å²) in [6.45, 7) is 6.23. The first-order valence-corrected chi connectivity index (χ1v) is 6.46. The molecule has 1 aliphatic rings. The third kappa shape index (κ3) is 2.28. The minimum atomic E-state index is -0.841. The predicted molar refractivity (Wildman–Crippen MR) is 67.2 cm³/mol. The number of rotatable bonds is 4. The highest BCUT2D eigenvalue weighted by atomic mass is 32.1. The second-order valence-electron chi connectivity index (χ2n) is 4.48. The lowest BCUT2D eigenvalue weighted by atomic mass is 10.1. The molecule has 2 N–H and O–H groups in total. The predicted octanol–water partition coefficient (Wildman–Crippen LogP) is 0.800. The summed E-state index contributed by atoms with van der Waals surface area (Å²) < 4.78 is 0. The van der Waals surface area contributed by atoms with Crippen LogP contribution >= 0.6 is 11.3 Å².